The smallest absolute Gasteiger partial charge is 0.336 e. The van der Waals surface area contributed by atoms with E-state index >= 15 is 0 Å². The molecule has 2 unspecified atom stereocenters. The van der Waals surface area contributed by atoms with Gasteiger partial charge in [0.25, 0.3) is 0 Å². The van der Waals surface area contributed by atoms with E-state index in [1.807, 2.05) is 6.92 Å². The predicted octanol–water partition coefficient (Wildman–Crippen LogP) is 4.53. The van der Waals surface area contributed by atoms with Gasteiger partial charge in [0.05, 0.1) is 41.6 Å². The van der Waals surface area contributed by atoms with E-state index in [0.29, 0.717) is 27.0 Å². The van der Waals surface area contributed by atoms with E-state index in [9.17, 15) is 9.59 Å². The van der Waals surface area contributed by atoms with E-state index in [1.54, 1.807) is 32.0 Å². The van der Waals surface area contributed by atoms with Crippen LogP contribution in [-0.2, 0) is 30.4 Å². The number of carbonyl (C=O) groups excluding carboxylic acids is 2. The van der Waals surface area contributed by atoms with Crippen molar-refractivity contribution in [1.29, 1.82) is 0 Å². The average Bonchev–Trinajstić information content (AvgIpc) is 3.19. The second-order valence-corrected chi connectivity index (χ2v) is 9.21. The van der Waals surface area contributed by atoms with Gasteiger partial charge in [0.2, 0.25) is 0 Å². The molecule has 0 bridgehead atoms. The van der Waals surface area contributed by atoms with Gasteiger partial charge in [0, 0.05) is 11.6 Å². The van der Waals surface area contributed by atoms with E-state index in [1.165, 1.54) is 18.4 Å². The summed E-state index contributed by atoms with van der Waals surface area (Å²) in [5.41, 5.74) is 1.47. The van der Waals surface area contributed by atoms with Crippen molar-refractivity contribution in [3.8, 4) is 0 Å². The first-order chi connectivity index (χ1) is 15.8. The van der Waals surface area contributed by atoms with Crippen LogP contribution in [0.5, 0.6) is 0 Å². The Morgan fingerprint density at radius 2 is 1.91 bits per heavy atom. The van der Waals surface area contributed by atoms with E-state index in [2.05, 4.69) is 15.2 Å². The van der Waals surface area contributed by atoms with Crippen LogP contribution in [0.15, 0.2) is 34.5 Å². The Labute approximate surface area is 205 Å². The maximum atomic E-state index is 13.1. The molecule has 176 valence electrons. The Hall–Kier alpha value is -2.33. The summed E-state index contributed by atoms with van der Waals surface area (Å²) >= 11 is 14.2. The molecule has 8 nitrogen and oxygen atoms in total. The Balaban J connectivity index is 2.09. The minimum absolute atomic E-state index is 0.00725. The highest BCUT2D eigenvalue weighted by atomic mass is 35.5. The monoisotopic (exact) mass is 511 g/mol. The van der Waals surface area contributed by atoms with Crippen molar-refractivity contribution < 1.29 is 23.8 Å². The lowest BCUT2D eigenvalue weighted by Crippen LogP contribution is -2.37. The molecule has 11 heteroatoms. The highest BCUT2D eigenvalue weighted by molar-refractivity contribution is 7.11. The number of methoxy groups -OCH3 is 1. The van der Waals surface area contributed by atoms with Crippen LogP contribution in [-0.4, -0.2) is 48.2 Å². The van der Waals surface area contributed by atoms with Gasteiger partial charge < -0.3 is 14.2 Å². The van der Waals surface area contributed by atoms with Crippen molar-refractivity contribution in [3.63, 3.8) is 0 Å². The number of esters is 2. The van der Waals surface area contributed by atoms with Gasteiger partial charge in [-0.3, -0.25) is 9.79 Å². The Morgan fingerprint density at radius 1 is 1.15 bits per heavy atom. The normalized spacial score (nSPS) is 18.2. The van der Waals surface area contributed by atoms with Crippen molar-refractivity contribution in [1.82, 2.24) is 10.2 Å². The number of benzene rings is 1. The van der Waals surface area contributed by atoms with Gasteiger partial charge in [0.15, 0.2) is 0 Å². The molecule has 0 aliphatic carbocycles. The first-order valence-corrected chi connectivity index (χ1v) is 11.7. The molecule has 0 radical (unpaired) electrons. The molecule has 33 heavy (non-hydrogen) atoms. The zero-order chi connectivity index (χ0) is 24.1. The van der Waals surface area contributed by atoms with Gasteiger partial charge >= 0.3 is 11.9 Å². The van der Waals surface area contributed by atoms with Crippen molar-refractivity contribution in [2.24, 2.45) is 10.9 Å². The number of rotatable bonds is 8. The van der Waals surface area contributed by atoms with Crippen LogP contribution in [0.4, 0.5) is 0 Å². The molecule has 1 aromatic carbocycles. The zero-order valence-corrected chi connectivity index (χ0v) is 20.9. The maximum absolute atomic E-state index is 13.1. The van der Waals surface area contributed by atoms with Crippen LogP contribution in [0, 0.1) is 12.8 Å². The Kier molecular flexibility index (Phi) is 8.58. The van der Waals surface area contributed by atoms with Gasteiger partial charge in [-0.05, 0) is 32.4 Å². The minimum Gasteiger partial charge on any atom is -0.468 e. The van der Waals surface area contributed by atoms with Gasteiger partial charge in [-0.25, -0.2) is 4.79 Å². The molecule has 0 saturated heterocycles. The van der Waals surface area contributed by atoms with Gasteiger partial charge in [-0.15, -0.1) is 10.2 Å². The van der Waals surface area contributed by atoms with E-state index in [-0.39, 0.29) is 30.4 Å². The second-order valence-electron chi connectivity index (χ2n) is 7.16. The van der Waals surface area contributed by atoms with Crippen LogP contribution in [0.25, 0.3) is 0 Å². The summed E-state index contributed by atoms with van der Waals surface area (Å²) in [6, 6.07) is 5.05. The fourth-order valence-corrected chi connectivity index (χ4v) is 4.73. The number of aryl methyl sites for hydroxylation is 1. The standard InChI is InChI=1S/C22H23Cl2N3O5S/c1-5-32-22(29)19-15(9-31-10-16-27-26-12(3)33-16)25-11(2)17(21(28)30-4)18(19)13-7-6-8-14(23)20(13)24/h6-8,17-18H,5,9-10H2,1-4H3. The number of halogens is 2. The van der Waals surface area contributed by atoms with Crippen LogP contribution < -0.4 is 0 Å². The molecule has 1 aromatic heterocycles. The lowest BCUT2D eigenvalue weighted by Gasteiger charge is -2.32. The van der Waals surface area contributed by atoms with Crippen LogP contribution in [0.2, 0.25) is 10.0 Å². The third-order valence-corrected chi connectivity index (χ3v) is 6.66. The molecule has 0 N–H and O–H groups in total. The molecule has 0 spiro atoms. The number of hydrogen-bond acceptors (Lipinski definition) is 9. The summed E-state index contributed by atoms with van der Waals surface area (Å²) in [6.07, 6.45) is 0. The quantitative estimate of drug-likeness (QED) is 0.479. The SMILES string of the molecule is CCOC(=O)C1=C(COCc2nnc(C)s2)N=C(C)C(C(=O)OC)C1c1cccc(Cl)c1Cl. The molecular formula is C22H23Cl2N3O5S. The minimum atomic E-state index is -0.889. The molecule has 3 rings (SSSR count). The largest absolute Gasteiger partial charge is 0.468 e. The third-order valence-electron chi connectivity index (χ3n) is 5.02. The molecule has 2 heterocycles. The molecular weight excluding hydrogens is 489 g/mol. The van der Waals surface area contributed by atoms with Crippen molar-refractivity contribution in [2.75, 3.05) is 20.3 Å². The summed E-state index contributed by atoms with van der Waals surface area (Å²) in [5.74, 6) is -2.88. The van der Waals surface area contributed by atoms with Gasteiger partial charge in [-0.1, -0.05) is 46.7 Å². The van der Waals surface area contributed by atoms with Crippen molar-refractivity contribution >= 4 is 52.2 Å². The number of ether oxygens (including phenoxy) is 3. The molecule has 1 aliphatic rings. The lowest BCUT2D eigenvalue weighted by molar-refractivity contribution is -0.144. The van der Waals surface area contributed by atoms with Crippen LogP contribution in [0.1, 0.15) is 35.3 Å². The number of nitrogens with zero attached hydrogens (tertiary/aromatic N) is 3. The fraction of sp³-hybridized carbons (Fsp3) is 0.409. The third kappa shape index (κ3) is 5.60. The fourth-order valence-electron chi connectivity index (χ4n) is 3.65. The van der Waals surface area contributed by atoms with E-state index in [0.717, 1.165) is 5.01 Å². The Morgan fingerprint density at radius 3 is 2.55 bits per heavy atom. The van der Waals surface area contributed by atoms with Crippen LogP contribution >= 0.6 is 34.5 Å². The predicted molar refractivity (Wildman–Crippen MR) is 126 cm³/mol. The maximum Gasteiger partial charge on any atom is 0.336 e. The molecule has 1 aliphatic heterocycles. The molecule has 0 amide bonds. The van der Waals surface area contributed by atoms with Crippen molar-refractivity contribution in [3.05, 3.63) is 55.1 Å². The summed E-state index contributed by atoms with van der Waals surface area (Å²) < 4.78 is 16.2. The highest BCUT2D eigenvalue weighted by Gasteiger charge is 2.44. The van der Waals surface area contributed by atoms with Crippen molar-refractivity contribution in [2.45, 2.75) is 33.3 Å². The topological polar surface area (TPSA) is 100.0 Å². The number of aliphatic imine (C=N–C) groups is 1. The van der Waals surface area contributed by atoms with Crippen LogP contribution in [0.3, 0.4) is 0 Å². The number of carbonyl (C=O) groups is 2. The average molecular weight is 512 g/mol. The molecule has 2 aromatic rings. The Bertz CT molecular complexity index is 1120. The summed E-state index contributed by atoms with van der Waals surface area (Å²) in [5, 5.41) is 10.1. The van der Waals surface area contributed by atoms with Gasteiger partial charge in [-0.2, -0.15) is 0 Å². The lowest BCUT2D eigenvalue weighted by atomic mass is 9.75. The summed E-state index contributed by atoms with van der Waals surface area (Å²) in [7, 11) is 1.28. The zero-order valence-electron chi connectivity index (χ0n) is 18.6. The van der Waals surface area contributed by atoms with E-state index < -0.39 is 23.8 Å². The van der Waals surface area contributed by atoms with Gasteiger partial charge in [0.1, 0.15) is 22.5 Å². The first kappa shape index (κ1) is 25.3. The number of hydrogen-bond donors (Lipinski definition) is 0. The summed E-state index contributed by atoms with van der Waals surface area (Å²) in [4.78, 5) is 30.5. The van der Waals surface area contributed by atoms with E-state index in [4.69, 9.17) is 37.4 Å². The molecule has 2 atom stereocenters. The molecule has 0 saturated carbocycles. The highest BCUT2D eigenvalue weighted by Crippen LogP contribution is 2.44. The summed E-state index contributed by atoms with van der Waals surface area (Å²) in [6.45, 7) is 5.58. The molecule has 0 fully saturated rings. The first-order valence-electron chi connectivity index (χ1n) is 10.1. The number of aromatic nitrogens is 2. The second kappa shape index (κ2) is 11.2.